The summed E-state index contributed by atoms with van der Waals surface area (Å²) in [5.74, 6) is -1.81. The van der Waals surface area contributed by atoms with Gasteiger partial charge in [0.2, 0.25) is 11.8 Å². The van der Waals surface area contributed by atoms with Crippen LogP contribution in [0.3, 0.4) is 0 Å². The molecule has 112 valence electrons. The molecule has 1 aromatic carbocycles. The molecule has 2 atom stereocenters. The third-order valence-electron chi connectivity index (χ3n) is 3.26. The third-order valence-corrected chi connectivity index (χ3v) is 3.49. The maximum atomic E-state index is 11.9. The number of carboxylic acids is 1. The van der Waals surface area contributed by atoms with E-state index in [-0.39, 0.29) is 18.7 Å². The quantitative estimate of drug-likeness (QED) is 0.747. The summed E-state index contributed by atoms with van der Waals surface area (Å²) in [5.41, 5.74) is 0.714. The van der Waals surface area contributed by atoms with E-state index in [1.54, 1.807) is 24.3 Å². The number of rotatable bonds is 5. The van der Waals surface area contributed by atoms with Gasteiger partial charge in [-0.05, 0) is 24.1 Å². The Labute approximate surface area is 126 Å². The summed E-state index contributed by atoms with van der Waals surface area (Å²) in [6, 6.07) is 5.09. The van der Waals surface area contributed by atoms with Crippen molar-refractivity contribution in [2.75, 3.05) is 0 Å². The summed E-state index contributed by atoms with van der Waals surface area (Å²) in [6.07, 6.45) is 0.792. The predicted octanol–water partition coefficient (Wildman–Crippen LogP) is 0.730. The van der Waals surface area contributed by atoms with Crippen LogP contribution in [0.15, 0.2) is 24.3 Å². The van der Waals surface area contributed by atoms with Crippen LogP contribution in [0.5, 0.6) is 0 Å². The molecule has 1 aromatic rings. The highest BCUT2D eigenvalue weighted by molar-refractivity contribution is 6.30. The number of carbonyl (C=O) groups is 3. The number of benzene rings is 1. The second kappa shape index (κ2) is 6.58. The topological polar surface area (TPSA) is 95.5 Å². The number of hydrogen-bond acceptors (Lipinski definition) is 3. The van der Waals surface area contributed by atoms with Gasteiger partial charge >= 0.3 is 5.97 Å². The van der Waals surface area contributed by atoms with Crippen molar-refractivity contribution >= 4 is 29.4 Å². The molecule has 1 saturated heterocycles. The van der Waals surface area contributed by atoms with Crippen molar-refractivity contribution in [3.05, 3.63) is 34.9 Å². The first kappa shape index (κ1) is 15.3. The second-order valence-electron chi connectivity index (χ2n) is 4.89. The van der Waals surface area contributed by atoms with E-state index in [1.807, 2.05) is 0 Å². The maximum Gasteiger partial charge on any atom is 0.326 e. The molecule has 2 amide bonds. The predicted molar refractivity (Wildman–Crippen MR) is 75.9 cm³/mol. The van der Waals surface area contributed by atoms with Gasteiger partial charge in [0.15, 0.2) is 0 Å². The standard InChI is InChI=1S/C14H15ClN2O4/c15-9-3-1-2-8(6-9)7-11(14(20)21)17-13(19)10-4-5-12(18)16-10/h1-3,6,10-11H,4-5,7H2,(H,16,18)(H,17,19)(H,20,21)/t10-,11+/m0/s1. The zero-order valence-corrected chi connectivity index (χ0v) is 11.9. The fourth-order valence-electron chi connectivity index (χ4n) is 2.18. The molecule has 0 aliphatic carbocycles. The van der Waals surface area contributed by atoms with Crippen molar-refractivity contribution in [1.29, 1.82) is 0 Å². The van der Waals surface area contributed by atoms with Gasteiger partial charge in [-0.3, -0.25) is 9.59 Å². The highest BCUT2D eigenvalue weighted by Crippen LogP contribution is 2.13. The Hall–Kier alpha value is -2.08. The van der Waals surface area contributed by atoms with Crippen molar-refractivity contribution in [2.24, 2.45) is 0 Å². The highest BCUT2D eigenvalue weighted by Gasteiger charge is 2.30. The van der Waals surface area contributed by atoms with Crippen molar-refractivity contribution in [3.63, 3.8) is 0 Å². The van der Waals surface area contributed by atoms with Crippen molar-refractivity contribution < 1.29 is 19.5 Å². The first-order chi connectivity index (χ1) is 9.95. The Balaban J connectivity index is 2.00. The monoisotopic (exact) mass is 310 g/mol. The molecule has 3 N–H and O–H groups in total. The van der Waals surface area contributed by atoms with E-state index in [4.69, 9.17) is 11.6 Å². The Morgan fingerprint density at radius 2 is 2.24 bits per heavy atom. The minimum atomic E-state index is -1.13. The van der Waals surface area contributed by atoms with E-state index in [0.29, 0.717) is 17.0 Å². The highest BCUT2D eigenvalue weighted by atomic mass is 35.5. The number of amides is 2. The normalized spacial score (nSPS) is 18.9. The molecule has 1 fully saturated rings. The van der Waals surface area contributed by atoms with Crippen LogP contribution in [0.25, 0.3) is 0 Å². The number of hydrogen-bond donors (Lipinski definition) is 3. The summed E-state index contributed by atoms with van der Waals surface area (Å²) in [4.78, 5) is 34.3. The fraction of sp³-hybridized carbons (Fsp3) is 0.357. The van der Waals surface area contributed by atoms with Gasteiger partial charge in [0.05, 0.1) is 0 Å². The SMILES string of the molecule is O=C1CC[C@@H](C(=O)N[C@H](Cc2cccc(Cl)c2)C(=O)O)N1. The lowest BCUT2D eigenvalue weighted by Crippen LogP contribution is -2.49. The lowest BCUT2D eigenvalue weighted by molar-refractivity contribution is -0.142. The minimum Gasteiger partial charge on any atom is -0.480 e. The van der Waals surface area contributed by atoms with Crippen LogP contribution in [0, 0.1) is 0 Å². The molecular formula is C14H15ClN2O4. The van der Waals surface area contributed by atoms with Gasteiger partial charge in [0.25, 0.3) is 0 Å². The van der Waals surface area contributed by atoms with E-state index in [1.165, 1.54) is 0 Å². The van der Waals surface area contributed by atoms with Crippen LogP contribution < -0.4 is 10.6 Å². The van der Waals surface area contributed by atoms with E-state index in [9.17, 15) is 19.5 Å². The molecular weight excluding hydrogens is 296 g/mol. The third kappa shape index (κ3) is 4.19. The minimum absolute atomic E-state index is 0.127. The van der Waals surface area contributed by atoms with Crippen molar-refractivity contribution in [2.45, 2.75) is 31.3 Å². The first-order valence-electron chi connectivity index (χ1n) is 6.52. The summed E-state index contributed by atoms with van der Waals surface area (Å²) in [5, 5.41) is 14.7. The maximum absolute atomic E-state index is 11.9. The second-order valence-corrected chi connectivity index (χ2v) is 5.33. The summed E-state index contributed by atoms with van der Waals surface area (Å²) >= 11 is 5.85. The van der Waals surface area contributed by atoms with Crippen LogP contribution in [0.1, 0.15) is 18.4 Å². The van der Waals surface area contributed by atoms with Gasteiger partial charge in [-0.15, -0.1) is 0 Å². The largest absolute Gasteiger partial charge is 0.480 e. The molecule has 1 heterocycles. The van der Waals surface area contributed by atoms with E-state index < -0.39 is 24.0 Å². The molecule has 2 rings (SSSR count). The van der Waals surface area contributed by atoms with E-state index in [2.05, 4.69) is 10.6 Å². The van der Waals surface area contributed by atoms with Gasteiger partial charge in [-0.25, -0.2) is 4.79 Å². The van der Waals surface area contributed by atoms with Crippen LogP contribution in [-0.2, 0) is 20.8 Å². The van der Waals surface area contributed by atoms with Crippen LogP contribution in [0.2, 0.25) is 5.02 Å². The van der Waals surface area contributed by atoms with Gasteiger partial charge in [0, 0.05) is 17.9 Å². The molecule has 0 aromatic heterocycles. The van der Waals surface area contributed by atoms with E-state index >= 15 is 0 Å². The number of nitrogens with one attached hydrogen (secondary N) is 2. The zero-order valence-electron chi connectivity index (χ0n) is 11.1. The van der Waals surface area contributed by atoms with Crippen LogP contribution in [-0.4, -0.2) is 35.0 Å². The lowest BCUT2D eigenvalue weighted by atomic mass is 10.1. The molecule has 0 bridgehead atoms. The lowest BCUT2D eigenvalue weighted by Gasteiger charge is -2.17. The molecule has 0 spiro atoms. The van der Waals surface area contributed by atoms with Gasteiger partial charge in [-0.1, -0.05) is 23.7 Å². The average Bonchev–Trinajstić information content (AvgIpc) is 2.84. The molecule has 7 heteroatoms. The Bertz CT molecular complexity index is 576. The van der Waals surface area contributed by atoms with Crippen LogP contribution in [0.4, 0.5) is 0 Å². The number of carboxylic acid groups (broad SMARTS) is 1. The Kier molecular flexibility index (Phi) is 4.80. The average molecular weight is 311 g/mol. The van der Waals surface area contributed by atoms with E-state index in [0.717, 1.165) is 0 Å². The zero-order chi connectivity index (χ0) is 15.4. The number of aliphatic carboxylic acids is 1. The molecule has 21 heavy (non-hydrogen) atoms. The molecule has 0 saturated carbocycles. The summed E-state index contributed by atoms with van der Waals surface area (Å²) in [7, 11) is 0. The first-order valence-corrected chi connectivity index (χ1v) is 6.90. The number of carbonyl (C=O) groups excluding carboxylic acids is 2. The molecule has 0 radical (unpaired) electrons. The van der Waals surface area contributed by atoms with Gasteiger partial charge in [-0.2, -0.15) is 0 Å². The van der Waals surface area contributed by atoms with Crippen LogP contribution >= 0.6 is 11.6 Å². The molecule has 6 nitrogen and oxygen atoms in total. The van der Waals surface area contributed by atoms with Gasteiger partial charge < -0.3 is 15.7 Å². The van der Waals surface area contributed by atoms with Gasteiger partial charge in [0.1, 0.15) is 12.1 Å². The summed E-state index contributed by atoms with van der Waals surface area (Å²) in [6.45, 7) is 0. The summed E-state index contributed by atoms with van der Waals surface area (Å²) < 4.78 is 0. The molecule has 1 aliphatic heterocycles. The Morgan fingerprint density at radius 3 is 2.81 bits per heavy atom. The smallest absolute Gasteiger partial charge is 0.326 e. The molecule has 0 unspecified atom stereocenters. The van der Waals surface area contributed by atoms with Crippen molar-refractivity contribution in [1.82, 2.24) is 10.6 Å². The van der Waals surface area contributed by atoms with Crippen molar-refractivity contribution in [3.8, 4) is 0 Å². The number of halogens is 1. The Morgan fingerprint density at radius 1 is 1.48 bits per heavy atom. The molecule has 1 aliphatic rings. The fourth-order valence-corrected chi connectivity index (χ4v) is 2.40.